The Morgan fingerprint density at radius 3 is 2.43 bits per heavy atom. The Bertz CT molecular complexity index is 336. The summed E-state index contributed by atoms with van der Waals surface area (Å²) in [5.74, 6) is 0.428. The molecule has 0 aliphatic carbocycles. The van der Waals surface area contributed by atoms with Crippen LogP contribution in [-0.2, 0) is 14.3 Å². The third-order valence-corrected chi connectivity index (χ3v) is 3.93. The fourth-order valence-corrected chi connectivity index (χ4v) is 2.71. The Morgan fingerprint density at radius 2 is 1.90 bits per heavy atom. The molecule has 122 valence electrons. The molecule has 0 aromatic carbocycles. The highest BCUT2D eigenvalue weighted by Crippen LogP contribution is 2.19. The van der Waals surface area contributed by atoms with E-state index in [0.717, 1.165) is 25.9 Å². The molecule has 0 bridgehead atoms. The summed E-state index contributed by atoms with van der Waals surface area (Å²) in [6, 6.07) is -0.510. The van der Waals surface area contributed by atoms with Crippen molar-refractivity contribution in [1.82, 2.24) is 10.2 Å². The van der Waals surface area contributed by atoms with Crippen LogP contribution in [0.5, 0.6) is 0 Å². The van der Waals surface area contributed by atoms with Gasteiger partial charge in [0.05, 0.1) is 6.61 Å². The van der Waals surface area contributed by atoms with Gasteiger partial charge in [0.25, 0.3) is 0 Å². The number of hydrogen-bond acceptors (Lipinski definition) is 4. The van der Waals surface area contributed by atoms with Crippen LogP contribution in [0.4, 0.5) is 0 Å². The van der Waals surface area contributed by atoms with Crippen LogP contribution in [-0.4, -0.2) is 49.6 Å². The van der Waals surface area contributed by atoms with E-state index in [4.69, 9.17) is 4.74 Å². The molecule has 5 heteroatoms. The molecule has 1 N–H and O–H groups in total. The number of hydrogen-bond donors (Lipinski definition) is 1. The molecule has 0 aromatic heterocycles. The second kappa shape index (κ2) is 9.03. The summed E-state index contributed by atoms with van der Waals surface area (Å²) in [7, 11) is 2.11. The predicted octanol–water partition coefficient (Wildman–Crippen LogP) is 1.81. The van der Waals surface area contributed by atoms with E-state index in [-0.39, 0.29) is 11.9 Å². The highest BCUT2D eigenvalue weighted by molar-refractivity contribution is 5.84. The van der Waals surface area contributed by atoms with Crippen molar-refractivity contribution in [2.24, 2.45) is 11.8 Å². The van der Waals surface area contributed by atoms with Crippen LogP contribution in [0.1, 0.15) is 46.5 Å². The molecule has 1 rings (SSSR count). The molecule has 5 nitrogen and oxygen atoms in total. The maximum Gasteiger partial charge on any atom is 0.328 e. The van der Waals surface area contributed by atoms with Gasteiger partial charge in [-0.2, -0.15) is 0 Å². The van der Waals surface area contributed by atoms with Gasteiger partial charge < -0.3 is 15.0 Å². The minimum Gasteiger partial charge on any atom is -0.464 e. The molecule has 1 heterocycles. The van der Waals surface area contributed by atoms with Crippen LogP contribution in [0, 0.1) is 11.8 Å². The number of piperidine rings is 1. The number of esters is 1. The summed E-state index contributed by atoms with van der Waals surface area (Å²) in [5.41, 5.74) is 0. The van der Waals surface area contributed by atoms with Crippen molar-refractivity contribution in [2.75, 3.05) is 26.7 Å². The van der Waals surface area contributed by atoms with Crippen molar-refractivity contribution in [2.45, 2.75) is 52.5 Å². The number of rotatable bonds is 7. The third-order valence-electron chi connectivity index (χ3n) is 3.93. The molecule has 0 unspecified atom stereocenters. The zero-order valence-electron chi connectivity index (χ0n) is 13.9. The molecule has 1 fully saturated rings. The number of carbonyl (C=O) groups is 2. The fraction of sp³-hybridized carbons (Fsp3) is 0.875. The van der Waals surface area contributed by atoms with Crippen molar-refractivity contribution < 1.29 is 14.3 Å². The number of nitrogens with one attached hydrogen (secondary N) is 1. The summed E-state index contributed by atoms with van der Waals surface area (Å²) < 4.78 is 5.05. The molecule has 21 heavy (non-hydrogen) atoms. The number of amides is 1. The lowest BCUT2D eigenvalue weighted by Crippen LogP contribution is -2.43. The first kappa shape index (κ1) is 18.0. The summed E-state index contributed by atoms with van der Waals surface area (Å²) in [6.45, 7) is 8.30. The van der Waals surface area contributed by atoms with E-state index in [1.165, 1.54) is 0 Å². The molecule has 0 spiro atoms. The number of ether oxygens (including phenoxy) is 1. The lowest BCUT2D eigenvalue weighted by molar-refractivity contribution is -0.148. The molecular weight excluding hydrogens is 268 g/mol. The lowest BCUT2D eigenvalue weighted by atomic mass is 9.93. The Kier molecular flexibility index (Phi) is 7.72. The van der Waals surface area contributed by atoms with E-state index in [2.05, 4.69) is 17.3 Å². The van der Waals surface area contributed by atoms with Crippen LogP contribution in [0.3, 0.4) is 0 Å². The third kappa shape index (κ3) is 6.93. The largest absolute Gasteiger partial charge is 0.464 e. The molecule has 1 atom stereocenters. The van der Waals surface area contributed by atoms with Crippen LogP contribution < -0.4 is 5.32 Å². The van der Waals surface area contributed by atoms with Crippen LogP contribution >= 0.6 is 0 Å². The van der Waals surface area contributed by atoms with E-state index in [1.807, 2.05) is 13.8 Å². The highest BCUT2D eigenvalue weighted by Gasteiger charge is 2.25. The summed E-state index contributed by atoms with van der Waals surface area (Å²) >= 11 is 0. The van der Waals surface area contributed by atoms with Crippen molar-refractivity contribution in [3.8, 4) is 0 Å². The maximum absolute atomic E-state index is 12.2. The van der Waals surface area contributed by atoms with Gasteiger partial charge in [-0.1, -0.05) is 13.8 Å². The van der Waals surface area contributed by atoms with Gasteiger partial charge in [0.15, 0.2) is 0 Å². The van der Waals surface area contributed by atoms with Crippen LogP contribution in [0.25, 0.3) is 0 Å². The summed E-state index contributed by atoms with van der Waals surface area (Å²) in [5, 5.41) is 2.86. The van der Waals surface area contributed by atoms with E-state index < -0.39 is 6.04 Å². The van der Waals surface area contributed by atoms with Crippen molar-refractivity contribution in [1.29, 1.82) is 0 Å². The second-order valence-corrected chi connectivity index (χ2v) is 6.45. The van der Waals surface area contributed by atoms with Gasteiger partial charge in [-0.05, 0) is 58.2 Å². The molecule has 1 aliphatic rings. The molecule has 1 saturated heterocycles. The Labute approximate surface area is 128 Å². The van der Waals surface area contributed by atoms with Crippen molar-refractivity contribution in [3.05, 3.63) is 0 Å². The quantitative estimate of drug-likeness (QED) is 0.728. The zero-order chi connectivity index (χ0) is 15.8. The average Bonchev–Trinajstić information content (AvgIpc) is 2.40. The maximum atomic E-state index is 12.2. The minimum absolute atomic E-state index is 0.0248. The van der Waals surface area contributed by atoms with Crippen molar-refractivity contribution in [3.63, 3.8) is 0 Å². The Morgan fingerprint density at radius 1 is 1.29 bits per heavy atom. The number of carbonyl (C=O) groups excluding carboxylic acids is 2. The Hall–Kier alpha value is -1.10. The number of nitrogens with zero attached hydrogens (tertiary/aromatic N) is 1. The first-order valence-electron chi connectivity index (χ1n) is 8.06. The van der Waals surface area contributed by atoms with Crippen LogP contribution in [0.2, 0.25) is 0 Å². The topological polar surface area (TPSA) is 58.6 Å². The molecule has 1 aliphatic heterocycles. The van der Waals surface area contributed by atoms with E-state index in [9.17, 15) is 9.59 Å². The van der Waals surface area contributed by atoms with Gasteiger partial charge in [-0.25, -0.2) is 4.79 Å². The standard InChI is InChI=1S/C16H30N2O3/c1-5-21-16(20)14(10-12(2)3)17-15(19)11-13-6-8-18(4)9-7-13/h12-14H,5-11H2,1-4H3,(H,17,19)/t14-/m0/s1. The summed E-state index contributed by atoms with van der Waals surface area (Å²) in [4.78, 5) is 26.4. The normalized spacial score (nSPS) is 18.5. The smallest absolute Gasteiger partial charge is 0.328 e. The minimum atomic E-state index is -0.510. The lowest BCUT2D eigenvalue weighted by Gasteiger charge is -2.29. The number of likely N-dealkylation sites (tertiary alicyclic amines) is 1. The van der Waals surface area contributed by atoms with Gasteiger partial charge in [0.1, 0.15) is 6.04 Å². The molecular formula is C16H30N2O3. The molecule has 0 radical (unpaired) electrons. The van der Waals surface area contributed by atoms with Gasteiger partial charge in [-0.3, -0.25) is 4.79 Å². The SMILES string of the molecule is CCOC(=O)[C@H](CC(C)C)NC(=O)CC1CCN(C)CC1. The second-order valence-electron chi connectivity index (χ2n) is 6.45. The van der Waals surface area contributed by atoms with E-state index >= 15 is 0 Å². The van der Waals surface area contributed by atoms with Gasteiger partial charge in [-0.15, -0.1) is 0 Å². The zero-order valence-corrected chi connectivity index (χ0v) is 13.9. The fourth-order valence-electron chi connectivity index (χ4n) is 2.71. The Balaban J connectivity index is 2.45. The first-order valence-corrected chi connectivity index (χ1v) is 8.06. The summed E-state index contributed by atoms with van der Waals surface area (Å²) in [6.07, 6.45) is 3.25. The van der Waals surface area contributed by atoms with E-state index in [1.54, 1.807) is 6.92 Å². The molecule has 0 saturated carbocycles. The van der Waals surface area contributed by atoms with Crippen molar-refractivity contribution >= 4 is 11.9 Å². The first-order chi connectivity index (χ1) is 9.92. The van der Waals surface area contributed by atoms with Gasteiger partial charge >= 0.3 is 5.97 Å². The average molecular weight is 298 g/mol. The van der Waals surface area contributed by atoms with E-state index in [0.29, 0.717) is 31.3 Å². The molecule has 1 amide bonds. The van der Waals surface area contributed by atoms with Gasteiger partial charge in [0.2, 0.25) is 5.91 Å². The molecule has 0 aromatic rings. The van der Waals surface area contributed by atoms with Crippen LogP contribution in [0.15, 0.2) is 0 Å². The monoisotopic (exact) mass is 298 g/mol. The van der Waals surface area contributed by atoms with Gasteiger partial charge in [0, 0.05) is 6.42 Å². The predicted molar refractivity (Wildman–Crippen MR) is 82.9 cm³/mol. The highest BCUT2D eigenvalue weighted by atomic mass is 16.5.